The Bertz CT molecular complexity index is 563. The number of amides is 1. The lowest BCUT2D eigenvalue weighted by atomic mass is 10.1. The van der Waals surface area contributed by atoms with E-state index < -0.39 is 0 Å². The first-order valence-corrected chi connectivity index (χ1v) is 6.32. The predicted molar refractivity (Wildman–Crippen MR) is 71.7 cm³/mol. The normalized spacial score (nSPS) is 12.2. The molecule has 0 fully saturated rings. The fourth-order valence-electron chi connectivity index (χ4n) is 1.72. The summed E-state index contributed by atoms with van der Waals surface area (Å²) in [6.07, 6.45) is 2.53. The Morgan fingerprint density at radius 2 is 2.26 bits per heavy atom. The number of hydrogen-bond acceptors (Lipinski definition) is 4. The minimum absolute atomic E-state index is 0.110. The van der Waals surface area contributed by atoms with E-state index in [9.17, 15) is 4.79 Å². The summed E-state index contributed by atoms with van der Waals surface area (Å²) in [7, 11) is 0. The Hall–Kier alpha value is -2.17. The third kappa shape index (κ3) is 2.81. The molecule has 5 nitrogen and oxygen atoms in total. The van der Waals surface area contributed by atoms with Gasteiger partial charge >= 0.3 is 0 Å². The molecule has 0 spiro atoms. The third-order valence-corrected chi connectivity index (χ3v) is 2.99. The molecule has 100 valence electrons. The van der Waals surface area contributed by atoms with Crippen LogP contribution in [0.2, 0.25) is 0 Å². The van der Waals surface area contributed by atoms with E-state index >= 15 is 0 Å². The van der Waals surface area contributed by atoms with Crippen LogP contribution in [0.4, 0.5) is 0 Å². The van der Waals surface area contributed by atoms with Crippen LogP contribution in [0.15, 0.2) is 28.9 Å². The number of pyridine rings is 1. The second-order valence-electron chi connectivity index (χ2n) is 4.46. The fourth-order valence-corrected chi connectivity index (χ4v) is 1.72. The van der Waals surface area contributed by atoms with Crippen molar-refractivity contribution in [2.45, 2.75) is 33.2 Å². The van der Waals surface area contributed by atoms with Crippen LogP contribution in [-0.2, 0) is 0 Å². The molecule has 2 aromatic rings. The van der Waals surface area contributed by atoms with Gasteiger partial charge in [0.15, 0.2) is 0 Å². The van der Waals surface area contributed by atoms with E-state index in [1.54, 1.807) is 19.2 Å². The standard InChI is InChI=1S/C14H17N3O2/c1-4-9(2)16-14(18)12-10(3)19-17-13(12)11-7-5-6-8-15-11/h5-9H,4H2,1-3H3,(H,16,18)/t9-/m0/s1. The predicted octanol–water partition coefficient (Wildman–Crippen LogP) is 2.57. The molecule has 0 aliphatic rings. The third-order valence-electron chi connectivity index (χ3n) is 2.99. The summed E-state index contributed by atoms with van der Waals surface area (Å²) in [5.41, 5.74) is 1.58. The monoisotopic (exact) mass is 259 g/mol. The minimum atomic E-state index is -0.172. The van der Waals surface area contributed by atoms with E-state index in [-0.39, 0.29) is 11.9 Å². The summed E-state index contributed by atoms with van der Waals surface area (Å²) < 4.78 is 5.14. The second kappa shape index (κ2) is 5.65. The van der Waals surface area contributed by atoms with Crippen LogP contribution < -0.4 is 5.32 Å². The highest BCUT2D eigenvalue weighted by Gasteiger charge is 2.22. The summed E-state index contributed by atoms with van der Waals surface area (Å²) in [6.45, 7) is 5.71. The average Bonchev–Trinajstić information content (AvgIpc) is 2.81. The quantitative estimate of drug-likeness (QED) is 0.916. The lowest BCUT2D eigenvalue weighted by molar-refractivity contribution is 0.0938. The molecular formula is C14H17N3O2. The number of nitrogens with one attached hydrogen (secondary N) is 1. The van der Waals surface area contributed by atoms with Crippen LogP contribution in [0.1, 0.15) is 36.4 Å². The molecule has 2 rings (SSSR count). The second-order valence-corrected chi connectivity index (χ2v) is 4.46. The van der Waals surface area contributed by atoms with Crippen LogP contribution in [0.25, 0.3) is 11.4 Å². The van der Waals surface area contributed by atoms with E-state index in [0.29, 0.717) is 22.7 Å². The molecule has 19 heavy (non-hydrogen) atoms. The molecule has 2 aromatic heterocycles. The largest absolute Gasteiger partial charge is 0.360 e. The average molecular weight is 259 g/mol. The van der Waals surface area contributed by atoms with E-state index in [1.807, 2.05) is 26.0 Å². The van der Waals surface area contributed by atoms with Crippen molar-refractivity contribution in [3.63, 3.8) is 0 Å². The zero-order chi connectivity index (χ0) is 13.8. The summed E-state index contributed by atoms with van der Waals surface area (Å²) in [5.74, 6) is 0.329. The molecule has 0 bridgehead atoms. The Morgan fingerprint density at radius 3 is 2.89 bits per heavy atom. The molecule has 0 saturated heterocycles. The molecule has 2 heterocycles. The van der Waals surface area contributed by atoms with Gasteiger partial charge in [-0.05, 0) is 32.4 Å². The van der Waals surface area contributed by atoms with Gasteiger partial charge in [0.05, 0.1) is 5.69 Å². The summed E-state index contributed by atoms with van der Waals surface area (Å²) in [6, 6.07) is 5.58. The highest BCUT2D eigenvalue weighted by atomic mass is 16.5. The summed E-state index contributed by atoms with van der Waals surface area (Å²) in [4.78, 5) is 16.5. The van der Waals surface area contributed by atoms with Gasteiger partial charge in [0.1, 0.15) is 17.0 Å². The highest BCUT2D eigenvalue weighted by molar-refractivity contribution is 6.00. The Morgan fingerprint density at radius 1 is 1.47 bits per heavy atom. The molecule has 0 aromatic carbocycles. The van der Waals surface area contributed by atoms with Crippen LogP contribution >= 0.6 is 0 Å². The van der Waals surface area contributed by atoms with Crippen molar-refractivity contribution in [2.75, 3.05) is 0 Å². The van der Waals surface area contributed by atoms with Crippen LogP contribution in [0, 0.1) is 6.92 Å². The zero-order valence-electron chi connectivity index (χ0n) is 11.3. The van der Waals surface area contributed by atoms with Gasteiger partial charge in [-0.1, -0.05) is 18.1 Å². The first-order chi connectivity index (χ1) is 9.13. The molecule has 1 atom stereocenters. The minimum Gasteiger partial charge on any atom is -0.360 e. The number of nitrogens with zero attached hydrogens (tertiary/aromatic N) is 2. The van der Waals surface area contributed by atoms with Crippen molar-refractivity contribution < 1.29 is 9.32 Å². The first-order valence-electron chi connectivity index (χ1n) is 6.32. The molecule has 0 radical (unpaired) electrons. The van der Waals surface area contributed by atoms with Gasteiger partial charge < -0.3 is 9.84 Å². The first kappa shape index (κ1) is 13.3. The molecule has 1 N–H and O–H groups in total. The van der Waals surface area contributed by atoms with Gasteiger partial charge in [0.2, 0.25) is 0 Å². The van der Waals surface area contributed by atoms with Crippen molar-refractivity contribution >= 4 is 5.91 Å². The maximum Gasteiger partial charge on any atom is 0.257 e. The Labute approximate surface area is 112 Å². The topological polar surface area (TPSA) is 68.0 Å². The van der Waals surface area contributed by atoms with E-state index in [1.165, 1.54) is 0 Å². The molecule has 0 aliphatic carbocycles. The molecule has 5 heteroatoms. The van der Waals surface area contributed by atoms with Crippen molar-refractivity contribution in [3.8, 4) is 11.4 Å². The fraction of sp³-hybridized carbons (Fsp3) is 0.357. The van der Waals surface area contributed by atoms with Crippen LogP contribution in [-0.4, -0.2) is 22.1 Å². The van der Waals surface area contributed by atoms with Crippen molar-refractivity contribution in [1.82, 2.24) is 15.5 Å². The smallest absolute Gasteiger partial charge is 0.257 e. The van der Waals surface area contributed by atoms with Gasteiger partial charge in [-0.2, -0.15) is 0 Å². The Kier molecular flexibility index (Phi) is 3.94. The molecule has 0 aliphatic heterocycles. The van der Waals surface area contributed by atoms with Crippen molar-refractivity contribution in [3.05, 3.63) is 35.7 Å². The molecule has 0 saturated carbocycles. The SMILES string of the molecule is CC[C@H](C)NC(=O)c1c(-c2ccccn2)noc1C. The Balaban J connectivity index is 2.36. The highest BCUT2D eigenvalue weighted by Crippen LogP contribution is 2.23. The van der Waals surface area contributed by atoms with Gasteiger partial charge in [-0.25, -0.2) is 0 Å². The van der Waals surface area contributed by atoms with E-state index in [4.69, 9.17) is 4.52 Å². The number of hydrogen-bond donors (Lipinski definition) is 1. The van der Waals surface area contributed by atoms with Gasteiger partial charge in [-0.3, -0.25) is 9.78 Å². The number of carbonyl (C=O) groups is 1. The summed E-state index contributed by atoms with van der Waals surface area (Å²) >= 11 is 0. The lowest BCUT2D eigenvalue weighted by Crippen LogP contribution is -2.32. The van der Waals surface area contributed by atoms with Crippen molar-refractivity contribution in [2.24, 2.45) is 0 Å². The summed E-state index contributed by atoms with van der Waals surface area (Å²) in [5, 5.41) is 6.86. The number of rotatable bonds is 4. The lowest BCUT2D eigenvalue weighted by Gasteiger charge is -2.11. The maximum atomic E-state index is 12.3. The maximum absolute atomic E-state index is 12.3. The zero-order valence-corrected chi connectivity index (χ0v) is 11.3. The van der Waals surface area contributed by atoms with Crippen molar-refractivity contribution in [1.29, 1.82) is 0 Å². The molecule has 1 amide bonds. The van der Waals surface area contributed by atoms with Crippen LogP contribution in [0.3, 0.4) is 0 Å². The van der Waals surface area contributed by atoms with Gasteiger partial charge in [0.25, 0.3) is 5.91 Å². The molecule has 0 unspecified atom stereocenters. The number of aryl methyl sites for hydroxylation is 1. The number of aromatic nitrogens is 2. The van der Waals surface area contributed by atoms with Gasteiger partial charge in [0, 0.05) is 12.2 Å². The van der Waals surface area contributed by atoms with E-state index in [0.717, 1.165) is 6.42 Å². The number of carbonyl (C=O) groups excluding carboxylic acids is 1. The van der Waals surface area contributed by atoms with Crippen LogP contribution in [0.5, 0.6) is 0 Å². The van der Waals surface area contributed by atoms with E-state index in [2.05, 4.69) is 15.5 Å². The molecular weight excluding hydrogens is 242 g/mol. The van der Waals surface area contributed by atoms with Gasteiger partial charge in [-0.15, -0.1) is 0 Å².